The summed E-state index contributed by atoms with van der Waals surface area (Å²) in [5, 5.41) is 1.46. The highest BCUT2D eigenvalue weighted by molar-refractivity contribution is 6.33. The minimum atomic E-state index is -0.569. The molecule has 0 fully saturated rings. The van der Waals surface area contributed by atoms with E-state index in [0.29, 0.717) is 26.6 Å². The molecule has 1 aromatic heterocycles. The Hall–Kier alpha value is -2.30. The second-order valence-electron chi connectivity index (χ2n) is 5.24. The zero-order valence-electron chi connectivity index (χ0n) is 12.6. The second-order valence-corrected chi connectivity index (χ2v) is 6.06. The molecular formula is C18H12Cl2O4. The Bertz CT molecular complexity index is 992. The molecule has 122 valence electrons. The zero-order chi connectivity index (χ0) is 17.3. The van der Waals surface area contributed by atoms with Crippen LogP contribution in [0.5, 0.6) is 0 Å². The third kappa shape index (κ3) is 3.30. The Morgan fingerprint density at radius 2 is 1.88 bits per heavy atom. The lowest BCUT2D eigenvalue weighted by atomic mass is 10.1. The number of esters is 1. The molecule has 0 atom stereocenters. The lowest BCUT2D eigenvalue weighted by Crippen LogP contribution is -2.08. The molecule has 24 heavy (non-hydrogen) atoms. The molecule has 0 spiro atoms. The van der Waals surface area contributed by atoms with Gasteiger partial charge >= 0.3 is 11.6 Å². The van der Waals surface area contributed by atoms with Gasteiger partial charge in [-0.1, -0.05) is 35.3 Å². The number of ether oxygens (including phenoxy) is 1. The maximum absolute atomic E-state index is 12.1. The van der Waals surface area contributed by atoms with Gasteiger partial charge in [0.05, 0.1) is 10.6 Å². The Labute approximate surface area is 147 Å². The SMILES string of the molecule is Cc1cc2oc(=O)cc(COC(=O)c3ccccc3Cl)c2cc1Cl. The van der Waals surface area contributed by atoms with Gasteiger partial charge in [-0.05, 0) is 36.8 Å². The van der Waals surface area contributed by atoms with Crippen LogP contribution in [0.2, 0.25) is 10.0 Å². The van der Waals surface area contributed by atoms with Gasteiger partial charge in [-0.3, -0.25) is 0 Å². The average Bonchev–Trinajstić information content (AvgIpc) is 2.54. The number of carbonyl (C=O) groups is 1. The molecule has 6 heteroatoms. The smallest absolute Gasteiger partial charge is 0.339 e. The van der Waals surface area contributed by atoms with E-state index in [9.17, 15) is 9.59 Å². The lowest BCUT2D eigenvalue weighted by Gasteiger charge is -2.09. The van der Waals surface area contributed by atoms with Crippen molar-refractivity contribution in [3.05, 3.63) is 79.6 Å². The Morgan fingerprint density at radius 3 is 2.62 bits per heavy atom. The van der Waals surface area contributed by atoms with Gasteiger partial charge < -0.3 is 9.15 Å². The zero-order valence-corrected chi connectivity index (χ0v) is 14.1. The third-order valence-electron chi connectivity index (χ3n) is 3.56. The molecule has 0 saturated heterocycles. The van der Waals surface area contributed by atoms with Crippen molar-refractivity contribution in [1.29, 1.82) is 0 Å². The van der Waals surface area contributed by atoms with E-state index in [1.807, 2.05) is 6.92 Å². The van der Waals surface area contributed by atoms with Crippen LogP contribution in [0, 0.1) is 6.92 Å². The molecule has 0 unspecified atom stereocenters. The van der Waals surface area contributed by atoms with E-state index in [4.69, 9.17) is 32.4 Å². The Morgan fingerprint density at radius 1 is 1.12 bits per heavy atom. The molecule has 3 rings (SSSR count). The summed E-state index contributed by atoms with van der Waals surface area (Å²) in [7, 11) is 0. The number of carbonyl (C=O) groups excluding carboxylic acids is 1. The maximum Gasteiger partial charge on any atom is 0.339 e. The standard InChI is InChI=1S/C18H12Cl2O4/c1-10-6-16-13(8-15(10)20)11(7-17(21)24-16)9-23-18(22)12-4-2-3-5-14(12)19/h2-8H,9H2,1H3. The third-order valence-corrected chi connectivity index (χ3v) is 4.30. The fourth-order valence-corrected chi connectivity index (χ4v) is 2.69. The summed E-state index contributed by atoms with van der Waals surface area (Å²) in [5.74, 6) is -0.569. The lowest BCUT2D eigenvalue weighted by molar-refractivity contribution is 0.0474. The summed E-state index contributed by atoms with van der Waals surface area (Å²) in [5.41, 5.74) is 1.45. The first-order chi connectivity index (χ1) is 11.5. The maximum atomic E-state index is 12.1. The number of hydrogen-bond donors (Lipinski definition) is 0. The number of fused-ring (bicyclic) bond motifs is 1. The predicted molar refractivity (Wildman–Crippen MR) is 92.8 cm³/mol. The quantitative estimate of drug-likeness (QED) is 0.497. The molecule has 1 heterocycles. The first kappa shape index (κ1) is 16.6. The summed E-state index contributed by atoms with van der Waals surface area (Å²) in [6.07, 6.45) is 0. The first-order valence-corrected chi connectivity index (χ1v) is 7.86. The molecule has 0 bridgehead atoms. The van der Waals surface area contributed by atoms with Gasteiger partial charge in [0.2, 0.25) is 0 Å². The van der Waals surface area contributed by atoms with Gasteiger partial charge in [-0.2, -0.15) is 0 Å². The molecule has 0 aliphatic rings. The minimum Gasteiger partial charge on any atom is -0.457 e. The van der Waals surface area contributed by atoms with E-state index in [-0.39, 0.29) is 12.2 Å². The predicted octanol–water partition coefficient (Wildman–Crippen LogP) is 4.77. The van der Waals surface area contributed by atoms with Gasteiger partial charge in [0, 0.05) is 22.0 Å². The highest BCUT2D eigenvalue weighted by Crippen LogP contribution is 2.26. The fourth-order valence-electron chi connectivity index (χ4n) is 2.32. The van der Waals surface area contributed by atoms with Crippen LogP contribution in [-0.4, -0.2) is 5.97 Å². The van der Waals surface area contributed by atoms with Crippen LogP contribution < -0.4 is 5.63 Å². The molecule has 0 radical (unpaired) electrons. The number of aryl methyl sites for hydroxylation is 1. The van der Waals surface area contributed by atoms with Crippen molar-refractivity contribution in [2.24, 2.45) is 0 Å². The molecule has 0 saturated carbocycles. The van der Waals surface area contributed by atoms with E-state index in [1.165, 1.54) is 6.07 Å². The molecule has 0 aliphatic heterocycles. The van der Waals surface area contributed by atoms with Crippen molar-refractivity contribution in [2.75, 3.05) is 0 Å². The average molecular weight is 363 g/mol. The van der Waals surface area contributed by atoms with E-state index in [2.05, 4.69) is 0 Å². The van der Waals surface area contributed by atoms with Gasteiger partial charge in [0.1, 0.15) is 12.2 Å². The van der Waals surface area contributed by atoms with Crippen molar-refractivity contribution < 1.29 is 13.9 Å². The van der Waals surface area contributed by atoms with Crippen molar-refractivity contribution in [3.8, 4) is 0 Å². The number of rotatable bonds is 3. The number of benzene rings is 2. The largest absolute Gasteiger partial charge is 0.457 e. The van der Waals surface area contributed by atoms with Gasteiger partial charge in [-0.15, -0.1) is 0 Å². The van der Waals surface area contributed by atoms with Crippen LogP contribution in [0.3, 0.4) is 0 Å². The van der Waals surface area contributed by atoms with Crippen molar-refractivity contribution in [3.63, 3.8) is 0 Å². The van der Waals surface area contributed by atoms with Crippen LogP contribution in [0.1, 0.15) is 21.5 Å². The van der Waals surface area contributed by atoms with E-state index < -0.39 is 11.6 Å². The Balaban J connectivity index is 1.93. The van der Waals surface area contributed by atoms with Crippen LogP contribution in [0.4, 0.5) is 0 Å². The minimum absolute atomic E-state index is 0.0917. The highest BCUT2D eigenvalue weighted by Gasteiger charge is 2.14. The molecular weight excluding hydrogens is 351 g/mol. The Kier molecular flexibility index (Phi) is 4.60. The van der Waals surface area contributed by atoms with E-state index in [1.54, 1.807) is 36.4 Å². The summed E-state index contributed by atoms with van der Waals surface area (Å²) >= 11 is 12.1. The van der Waals surface area contributed by atoms with Crippen LogP contribution >= 0.6 is 23.2 Å². The highest BCUT2D eigenvalue weighted by atomic mass is 35.5. The van der Waals surface area contributed by atoms with E-state index >= 15 is 0 Å². The monoisotopic (exact) mass is 362 g/mol. The fraction of sp³-hybridized carbons (Fsp3) is 0.111. The molecule has 3 aromatic rings. The number of hydrogen-bond acceptors (Lipinski definition) is 4. The van der Waals surface area contributed by atoms with Crippen molar-refractivity contribution >= 4 is 40.1 Å². The van der Waals surface area contributed by atoms with Crippen molar-refractivity contribution in [2.45, 2.75) is 13.5 Å². The summed E-state index contributed by atoms with van der Waals surface area (Å²) in [6, 6.07) is 11.2. The first-order valence-electron chi connectivity index (χ1n) is 7.10. The summed E-state index contributed by atoms with van der Waals surface area (Å²) in [4.78, 5) is 23.9. The van der Waals surface area contributed by atoms with Crippen LogP contribution in [0.15, 0.2) is 51.7 Å². The molecule has 0 amide bonds. The number of halogens is 2. The molecule has 4 nitrogen and oxygen atoms in total. The molecule has 2 aromatic carbocycles. The van der Waals surface area contributed by atoms with Crippen molar-refractivity contribution in [1.82, 2.24) is 0 Å². The van der Waals surface area contributed by atoms with E-state index in [0.717, 1.165) is 5.56 Å². The van der Waals surface area contributed by atoms with Crippen LogP contribution in [-0.2, 0) is 11.3 Å². The van der Waals surface area contributed by atoms with Gasteiger partial charge in [-0.25, -0.2) is 9.59 Å². The topological polar surface area (TPSA) is 56.5 Å². The molecule has 0 N–H and O–H groups in total. The second kappa shape index (κ2) is 6.67. The normalized spacial score (nSPS) is 10.8. The summed E-state index contributed by atoms with van der Waals surface area (Å²) in [6.45, 7) is 1.72. The summed E-state index contributed by atoms with van der Waals surface area (Å²) < 4.78 is 10.5. The van der Waals surface area contributed by atoms with Gasteiger partial charge in [0.15, 0.2) is 0 Å². The van der Waals surface area contributed by atoms with Gasteiger partial charge in [0.25, 0.3) is 0 Å². The van der Waals surface area contributed by atoms with Crippen LogP contribution in [0.25, 0.3) is 11.0 Å². The molecule has 0 aliphatic carbocycles.